The quantitative estimate of drug-likeness (QED) is 0.0636. The summed E-state index contributed by atoms with van der Waals surface area (Å²) in [6, 6.07) is 100. The smallest absolute Gasteiger partial charge is 0.216 e. The molecule has 4 aliphatic rings. The summed E-state index contributed by atoms with van der Waals surface area (Å²) in [5, 5.41) is 30.5. The minimum absolute atomic E-state index is 0. The van der Waals surface area contributed by atoms with Gasteiger partial charge in [-0.3, -0.25) is 28.7 Å². The number of rotatable bonds is 6. The van der Waals surface area contributed by atoms with Crippen molar-refractivity contribution in [2.45, 2.75) is 130 Å². The SMILES string of the molecule is CC(=O)C=C(C)O.CC(=O)C=C(C)O.CC(=O)C=C(C)O.Cc1[c-]c(-c2ccc3cc(F)c(C)cc3n2)cc(C)c1.Cc1cc(-c2nccc3ccccc23)[c-]cc1F.Cc1cc2ccccc2[c-]c1-c1ccccn1.Cc1ccc[n+]2c1-c1ccccc1C2.[2H]C([2H])([2H])c1c[n+]2c(cc1C)-c1ccccc1C2.[2H]C([2H])([2H])c1ccc2[n+](c1)Cc1ccccc1-2.[Ir].[Ir].[Ir].c1ccc2c(c1)C[n+]1ccccc1-2. The third-order valence-corrected chi connectivity index (χ3v) is 21.7. The van der Waals surface area contributed by atoms with E-state index in [0.29, 0.717) is 22.3 Å². The number of halogens is 2. The Hall–Kier alpha value is -13.5. The van der Waals surface area contributed by atoms with Gasteiger partial charge in [-0.15, -0.1) is 87.8 Å². The van der Waals surface area contributed by atoms with Crippen LogP contribution in [0.1, 0.15) is 122 Å². The minimum atomic E-state index is -2.04. The van der Waals surface area contributed by atoms with Crippen molar-refractivity contribution in [1.29, 1.82) is 0 Å². The molecule has 13 nitrogen and oxygen atoms in total. The third-order valence-electron chi connectivity index (χ3n) is 21.7. The number of ketones is 3. The van der Waals surface area contributed by atoms with E-state index in [9.17, 15) is 23.2 Å². The fraction of sp³-hybridized carbons (Fsp3) is 0.162. The number of aromatic nitrogens is 7. The molecule has 0 aliphatic carbocycles. The standard InChI is InChI=1S/C18H15FN.C16H11FN.C16H12N.C14H14N.2C13H12N.C12H10N.3C5H8O2.3Ir/c1-11-6-12(2)8-15(7-11)17-5-4-14-10-16(19)13(3)9-18(14)20-17;1-11-10-13(6-7-15(11)17)16-14-5-3-2-4-12(14)8-9-18-16;1-12-10-13-6-2-3-7-14(13)11-15(12)16-8-4-5-9-17-16;1-10-7-14-13-6-4-3-5-12(13)9-15(14)8-11(10)2;1-10-5-4-8-14-9-11-6-2-3-7-12(11)13(10)14;1-10-6-7-13-12-5-3-2-4-11(12)9-14(13)8-10;1-2-6-11-10(5-1)9-13-8-4-3-7-12(11)13;3*1-4(6)3-5(2)7;;;/h4-7,9-10H,1-3H3;2-5,7-10H,1H3;2-10H,1H3;3-8H,9H2,1-2H3;2*2-8H,9H2,1H3;1-8H,9H2;3*3,6H,1-2H3;;;/q3*-1;4*+1;;;;;;/i;;;2D3;;1D3;;;;;;;. The fourth-order valence-electron chi connectivity index (χ4n) is 15.8. The van der Waals surface area contributed by atoms with Crippen LogP contribution in [0.15, 0.2) is 346 Å². The Labute approximate surface area is 840 Å². The van der Waals surface area contributed by atoms with E-state index < -0.39 is 13.7 Å². The van der Waals surface area contributed by atoms with Crippen LogP contribution >= 0.6 is 0 Å². The van der Waals surface area contributed by atoms with Crippen molar-refractivity contribution in [3.63, 3.8) is 0 Å². The molecule has 4 aliphatic heterocycles. The predicted octanol–water partition coefficient (Wildman–Crippen LogP) is 25.3. The van der Waals surface area contributed by atoms with E-state index in [1.165, 1.54) is 150 Å². The van der Waals surface area contributed by atoms with Crippen LogP contribution in [0.25, 0.3) is 111 Å². The monoisotopic (exact) mass is 2330 g/mol. The molecule has 0 spiro atoms. The van der Waals surface area contributed by atoms with Gasteiger partial charge in [0.05, 0.1) is 45.0 Å². The van der Waals surface area contributed by atoms with Crippen molar-refractivity contribution in [2.75, 3.05) is 0 Å². The van der Waals surface area contributed by atoms with Crippen molar-refractivity contribution in [3.05, 3.63) is 448 Å². The molecule has 0 unspecified atom stereocenters. The van der Waals surface area contributed by atoms with Gasteiger partial charge in [0, 0.05) is 185 Å². The zero-order chi connectivity index (χ0) is 99.2. The first-order chi connectivity index (χ1) is 65.8. The zero-order valence-electron chi connectivity index (χ0n) is 83.5. The minimum Gasteiger partial charge on any atom is -0.512 e. The van der Waals surface area contributed by atoms with Crippen molar-refractivity contribution < 1.29 is 125 Å². The van der Waals surface area contributed by atoms with Gasteiger partial charge in [0.1, 0.15) is 5.82 Å². The molecule has 135 heavy (non-hydrogen) atoms. The second-order valence-corrected chi connectivity index (χ2v) is 32.6. The molecule has 0 saturated carbocycles. The van der Waals surface area contributed by atoms with Gasteiger partial charge in [-0.2, -0.15) is 18.3 Å². The number of carbonyl (C=O) groups excluding carboxylic acids is 3. The first-order valence-electron chi connectivity index (χ1n) is 46.3. The Morgan fingerprint density at radius 1 is 0.393 bits per heavy atom. The van der Waals surface area contributed by atoms with E-state index in [2.05, 4.69) is 215 Å². The Morgan fingerprint density at radius 2 is 0.933 bits per heavy atom. The van der Waals surface area contributed by atoms with Crippen molar-refractivity contribution in [1.82, 2.24) is 15.0 Å². The van der Waals surface area contributed by atoms with E-state index in [-0.39, 0.29) is 107 Å². The summed E-state index contributed by atoms with van der Waals surface area (Å²) in [4.78, 5) is 43.5. The van der Waals surface area contributed by atoms with E-state index in [4.69, 9.17) is 23.5 Å². The first kappa shape index (κ1) is 96.1. The fourth-order valence-corrected chi connectivity index (χ4v) is 15.8. The average Bonchev–Trinajstić information content (AvgIpc) is 1.64. The Bertz CT molecular complexity index is 7310. The van der Waals surface area contributed by atoms with Crippen LogP contribution in [0, 0.1) is 92.0 Å². The van der Waals surface area contributed by atoms with Gasteiger partial charge in [-0.1, -0.05) is 184 Å². The van der Waals surface area contributed by atoms with Crippen molar-refractivity contribution in [3.8, 4) is 78.8 Å². The summed E-state index contributed by atoms with van der Waals surface area (Å²) >= 11 is 0. The van der Waals surface area contributed by atoms with Crippen LogP contribution in [-0.4, -0.2) is 47.6 Å². The Balaban J connectivity index is 0.000000177. The predicted molar refractivity (Wildman–Crippen MR) is 526 cm³/mol. The topological polar surface area (TPSA) is 166 Å². The number of aryl methyl sites for hydroxylation is 9. The Morgan fingerprint density at radius 3 is 1.53 bits per heavy atom. The molecular formula is C117H110F2Ir3N7O6+. The molecule has 21 rings (SSSR count). The van der Waals surface area contributed by atoms with Crippen LogP contribution in [0.2, 0.25) is 0 Å². The number of benzene rings is 10. The zero-order valence-corrected chi connectivity index (χ0v) is 84.6. The van der Waals surface area contributed by atoms with Gasteiger partial charge in [0.25, 0.3) is 0 Å². The molecule has 11 heterocycles. The van der Waals surface area contributed by atoms with Gasteiger partial charge in [-0.25, -0.2) is 4.39 Å². The maximum absolute atomic E-state index is 13.5. The molecule has 0 fully saturated rings. The van der Waals surface area contributed by atoms with E-state index in [0.717, 1.165) is 110 Å². The maximum Gasteiger partial charge on any atom is 0.216 e. The number of fused-ring (bicyclic) bond motifs is 15. The summed E-state index contributed by atoms with van der Waals surface area (Å²) in [5.41, 5.74) is 29.6. The molecule has 0 bridgehead atoms. The molecule has 18 heteroatoms. The Kier molecular flexibility index (Phi) is 35.6. The summed E-state index contributed by atoms with van der Waals surface area (Å²) in [6.07, 6.45) is 14.9. The van der Waals surface area contributed by atoms with Gasteiger partial charge < -0.3 is 20.3 Å². The number of hydrogen-bond acceptors (Lipinski definition) is 9. The maximum atomic E-state index is 13.5. The molecule has 3 radical (unpaired) electrons. The molecule has 7 aromatic heterocycles. The molecule has 10 aromatic carbocycles. The second kappa shape index (κ2) is 50.0. The van der Waals surface area contributed by atoms with Crippen LogP contribution in [0.5, 0.6) is 0 Å². The summed E-state index contributed by atoms with van der Waals surface area (Å²) in [7, 11) is 0. The largest absolute Gasteiger partial charge is 0.512 e. The van der Waals surface area contributed by atoms with E-state index in [1.807, 2.05) is 132 Å². The van der Waals surface area contributed by atoms with Crippen molar-refractivity contribution >= 4 is 49.8 Å². The number of nitrogens with zero attached hydrogens (tertiary/aromatic N) is 7. The summed E-state index contributed by atoms with van der Waals surface area (Å²) in [5.74, 6) is -0.614. The number of carbonyl (C=O) groups is 3. The van der Waals surface area contributed by atoms with E-state index in [1.54, 1.807) is 50.6 Å². The second-order valence-electron chi connectivity index (χ2n) is 32.6. The van der Waals surface area contributed by atoms with Crippen LogP contribution in [-0.2, 0) is 101 Å². The number of aliphatic hydroxyl groups excluding tert-OH is 3. The number of hydrogen-bond donors (Lipinski definition) is 3. The van der Waals surface area contributed by atoms with Crippen LogP contribution < -0.4 is 18.3 Å². The van der Waals surface area contributed by atoms with Crippen molar-refractivity contribution in [2.24, 2.45) is 0 Å². The first-order valence-corrected chi connectivity index (χ1v) is 43.3. The van der Waals surface area contributed by atoms with Crippen LogP contribution in [0.4, 0.5) is 8.78 Å². The molecular weight excluding hydrogens is 2210 g/mol. The number of aliphatic hydroxyl groups is 3. The molecule has 0 saturated heterocycles. The van der Waals surface area contributed by atoms with Gasteiger partial charge in [0.15, 0.2) is 68.3 Å². The summed E-state index contributed by atoms with van der Waals surface area (Å²) in [6.45, 7) is 21.8. The van der Waals surface area contributed by atoms with Crippen LogP contribution in [0.3, 0.4) is 0 Å². The summed E-state index contributed by atoms with van der Waals surface area (Å²) < 4.78 is 80.4. The molecule has 17 aromatic rings. The normalized spacial score (nSPS) is 12.2. The molecule has 0 atom stereocenters. The van der Waals surface area contributed by atoms with Gasteiger partial charge >= 0.3 is 0 Å². The number of allylic oxidation sites excluding steroid dienone is 6. The molecule has 0 amide bonds. The van der Waals surface area contributed by atoms with E-state index >= 15 is 0 Å². The third kappa shape index (κ3) is 28.8. The van der Waals surface area contributed by atoms with Gasteiger partial charge in [-0.05, 0) is 176 Å². The molecule has 689 valence electrons. The molecule has 3 N–H and O–H groups in total. The number of pyridine rings is 7. The average molecular weight is 2330 g/mol. The van der Waals surface area contributed by atoms with Gasteiger partial charge in [0.2, 0.25) is 22.8 Å².